The van der Waals surface area contributed by atoms with E-state index < -0.39 is 0 Å². The van der Waals surface area contributed by atoms with Crippen molar-refractivity contribution < 1.29 is 14.3 Å². The monoisotopic (exact) mass is 307 g/mol. The minimum absolute atomic E-state index is 0.0421. The predicted octanol–water partition coefficient (Wildman–Crippen LogP) is 3.00. The molecule has 0 aromatic rings. The van der Waals surface area contributed by atoms with Crippen molar-refractivity contribution in [1.29, 1.82) is 0 Å². The van der Waals surface area contributed by atoms with Crippen LogP contribution in [0, 0.1) is 23.2 Å². The summed E-state index contributed by atoms with van der Waals surface area (Å²) in [7, 11) is 1.38. The molecule has 4 heteroatoms. The molecule has 0 radical (unpaired) electrons. The van der Waals surface area contributed by atoms with E-state index in [1.807, 2.05) is 13.8 Å². The highest BCUT2D eigenvalue weighted by molar-refractivity contribution is 5.82. The van der Waals surface area contributed by atoms with Crippen molar-refractivity contribution in [3.8, 4) is 0 Å². The summed E-state index contributed by atoms with van der Waals surface area (Å²) in [6, 6.07) is 0.0421. The number of amides is 1. The summed E-state index contributed by atoms with van der Waals surface area (Å²) in [6.07, 6.45) is 8.50. The summed E-state index contributed by atoms with van der Waals surface area (Å²) in [5.41, 5.74) is 0.231. The summed E-state index contributed by atoms with van der Waals surface area (Å²) in [4.78, 5) is 26.1. The largest absolute Gasteiger partial charge is 0.468 e. The van der Waals surface area contributed by atoms with Crippen molar-refractivity contribution in [2.24, 2.45) is 23.2 Å². The average molecular weight is 307 g/mol. The second-order valence-corrected chi connectivity index (χ2v) is 8.29. The molecule has 4 aliphatic rings. The van der Waals surface area contributed by atoms with E-state index in [0.717, 1.165) is 17.8 Å². The third-order valence-electron chi connectivity index (χ3n) is 6.16. The van der Waals surface area contributed by atoms with Gasteiger partial charge in [0.1, 0.15) is 6.54 Å². The number of nitrogens with zero attached hydrogens (tertiary/aromatic N) is 1. The summed E-state index contributed by atoms with van der Waals surface area (Å²) in [5.74, 6) is 2.38. The second-order valence-electron chi connectivity index (χ2n) is 8.29. The van der Waals surface area contributed by atoms with E-state index in [9.17, 15) is 9.59 Å². The van der Waals surface area contributed by atoms with Crippen molar-refractivity contribution >= 4 is 11.9 Å². The van der Waals surface area contributed by atoms with Crippen molar-refractivity contribution in [2.75, 3.05) is 13.7 Å². The molecule has 1 amide bonds. The van der Waals surface area contributed by atoms with Gasteiger partial charge in [-0.15, -0.1) is 0 Å². The van der Waals surface area contributed by atoms with Crippen LogP contribution < -0.4 is 0 Å². The Morgan fingerprint density at radius 2 is 1.59 bits per heavy atom. The Labute approximate surface area is 133 Å². The molecule has 4 rings (SSSR count). The highest BCUT2D eigenvalue weighted by Gasteiger charge is 2.51. The van der Waals surface area contributed by atoms with E-state index in [2.05, 4.69) is 0 Å². The Morgan fingerprint density at radius 3 is 2.00 bits per heavy atom. The van der Waals surface area contributed by atoms with Crippen molar-refractivity contribution in [2.45, 2.75) is 64.8 Å². The van der Waals surface area contributed by atoms with Crippen LogP contribution in [0.25, 0.3) is 0 Å². The molecule has 4 fully saturated rings. The zero-order chi connectivity index (χ0) is 15.9. The molecule has 4 bridgehead atoms. The molecule has 0 saturated heterocycles. The molecule has 0 aliphatic heterocycles. The van der Waals surface area contributed by atoms with Gasteiger partial charge in [0.2, 0.25) is 5.91 Å². The molecular weight excluding hydrogens is 278 g/mol. The minimum Gasteiger partial charge on any atom is -0.468 e. The lowest BCUT2D eigenvalue weighted by atomic mass is 9.49. The molecule has 0 atom stereocenters. The van der Waals surface area contributed by atoms with Crippen LogP contribution in [0.4, 0.5) is 0 Å². The quantitative estimate of drug-likeness (QED) is 0.734. The molecule has 124 valence electrons. The Morgan fingerprint density at radius 1 is 1.09 bits per heavy atom. The fraction of sp³-hybridized carbons (Fsp3) is 0.889. The number of rotatable bonds is 5. The summed E-state index contributed by atoms with van der Waals surface area (Å²) in [5, 5.41) is 0. The highest BCUT2D eigenvalue weighted by atomic mass is 16.5. The number of ether oxygens (including phenoxy) is 1. The molecule has 4 saturated carbocycles. The molecule has 4 nitrogen and oxygen atoms in total. The Bertz CT molecular complexity index is 422. The van der Waals surface area contributed by atoms with Crippen LogP contribution in [0.5, 0.6) is 0 Å². The lowest BCUT2D eigenvalue weighted by molar-refractivity contribution is -0.151. The number of hydrogen-bond donors (Lipinski definition) is 0. The van der Waals surface area contributed by atoms with E-state index in [0.29, 0.717) is 6.42 Å². The highest BCUT2D eigenvalue weighted by Crippen LogP contribution is 2.61. The van der Waals surface area contributed by atoms with Crippen LogP contribution in [0.3, 0.4) is 0 Å². The van der Waals surface area contributed by atoms with E-state index >= 15 is 0 Å². The van der Waals surface area contributed by atoms with Crippen LogP contribution >= 0.6 is 0 Å². The maximum Gasteiger partial charge on any atom is 0.325 e. The minimum atomic E-state index is -0.326. The van der Waals surface area contributed by atoms with Crippen molar-refractivity contribution in [1.82, 2.24) is 4.90 Å². The number of carbonyl (C=O) groups is 2. The van der Waals surface area contributed by atoms with Gasteiger partial charge in [-0.2, -0.15) is 0 Å². The Hall–Kier alpha value is -1.06. The topological polar surface area (TPSA) is 46.6 Å². The van der Waals surface area contributed by atoms with Crippen LogP contribution in [0.1, 0.15) is 58.8 Å². The van der Waals surface area contributed by atoms with Crippen LogP contribution in [0.2, 0.25) is 0 Å². The number of carbonyl (C=O) groups excluding carboxylic acids is 2. The lowest BCUT2D eigenvalue weighted by Gasteiger charge is -2.57. The van der Waals surface area contributed by atoms with Gasteiger partial charge in [0.25, 0.3) is 0 Å². The number of esters is 1. The van der Waals surface area contributed by atoms with Crippen LogP contribution in [-0.4, -0.2) is 36.5 Å². The van der Waals surface area contributed by atoms with Gasteiger partial charge in [-0.05, 0) is 75.5 Å². The van der Waals surface area contributed by atoms with Gasteiger partial charge in [-0.3, -0.25) is 9.59 Å². The van der Waals surface area contributed by atoms with Gasteiger partial charge in [0.15, 0.2) is 0 Å². The van der Waals surface area contributed by atoms with Crippen molar-refractivity contribution in [3.05, 3.63) is 0 Å². The fourth-order valence-corrected chi connectivity index (χ4v) is 5.69. The Balaban J connectivity index is 1.68. The van der Waals surface area contributed by atoms with Crippen molar-refractivity contribution in [3.63, 3.8) is 0 Å². The molecule has 0 spiro atoms. The first kappa shape index (κ1) is 15.8. The van der Waals surface area contributed by atoms with Crippen LogP contribution in [-0.2, 0) is 14.3 Å². The maximum atomic E-state index is 12.8. The van der Waals surface area contributed by atoms with Gasteiger partial charge in [0.05, 0.1) is 7.11 Å². The van der Waals surface area contributed by atoms with Gasteiger partial charge >= 0.3 is 5.97 Å². The maximum absolute atomic E-state index is 12.8. The third kappa shape index (κ3) is 3.02. The third-order valence-corrected chi connectivity index (χ3v) is 6.16. The van der Waals surface area contributed by atoms with Gasteiger partial charge in [-0.25, -0.2) is 0 Å². The van der Waals surface area contributed by atoms with Gasteiger partial charge < -0.3 is 9.64 Å². The van der Waals surface area contributed by atoms with Gasteiger partial charge in [-0.1, -0.05) is 0 Å². The predicted molar refractivity (Wildman–Crippen MR) is 84.1 cm³/mol. The zero-order valence-corrected chi connectivity index (χ0v) is 14.1. The molecule has 0 heterocycles. The molecule has 0 unspecified atom stereocenters. The van der Waals surface area contributed by atoms with E-state index in [-0.39, 0.29) is 29.9 Å². The first-order valence-corrected chi connectivity index (χ1v) is 8.77. The summed E-state index contributed by atoms with van der Waals surface area (Å²) >= 11 is 0. The molecule has 4 aliphatic carbocycles. The Kier molecular flexibility index (Phi) is 4.21. The summed E-state index contributed by atoms with van der Waals surface area (Å²) in [6.45, 7) is 4.03. The number of hydrogen-bond acceptors (Lipinski definition) is 3. The van der Waals surface area contributed by atoms with E-state index in [1.54, 1.807) is 4.90 Å². The molecular formula is C18H29NO3. The second kappa shape index (κ2) is 5.86. The SMILES string of the molecule is COC(=O)CN(C(=O)CC12CC3CC(CC(C3)C1)C2)C(C)C. The molecule has 22 heavy (non-hydrogen) atoms. The van der Waals surface area contributed by atoms with Crippen LogP contribution in [0.15, 0.2) is 0 Å². The zero-order valence-electron chi connectivity index (χ0n) is 14.1. The fourth-order valence-electron chi connectivity index (χ4n) is 5.69. The lowest BCUT2D eigenvalue weighted by Crippen LogP contribution is -2.50. The van der Waals surface area contributed by atoms with E-state index in [4.69, 9.17) is 4.74 Å². The summed E-state index contributed by atoms with van der Waals surface area (Å²) < 4.78 is 4.74. The molecule has 0 aromatic heterocycles. The average Bonchev–Trinajstić information content (AvgIpc) is 2.41. The standard InChI is InChI=1S/C18H29NO3/c1-12(2)19(11-17(21)22-3)16(20)10-18-7-13-4-14(8-18)6-15(5-13)9-18/h12-15H,4-11H2,1-3H3. The normalized spacial score (nSPS) is 35.7. The first-order chi connectivity index (χ1) is 10.4. The van der Waals surface area contributed by atoms with Gasteiger partial charge in [0, 0.05) is 12.5 Å². The smallest absolute Gasteiger partial charge is 0.325 e. The molecule has 0 aromatic carbocycles. The van der Waals surface area contributed by atoms with E-state index in [1.165, 1.54) is 45.6 Å². The molecule has 0 N–H and O–H groups in total. The number of methoxy groups -OCH3 is 1. The first-order valence-electron chi connectivity index (χ1n) is 8.77.